The summed E-state index contributed by atoms with van der Waals surface area (Å²) < 4.78 is 1.98. The molecule has 0 radical (unpaired) electrons. The monoisotopic (exact) mass is 165 g/mol. The second kappa shape index (κ2) is 2.59. The van der Waals surface area contributed by atoms with Gasteiger partial charge in [0.25, 0.3) is 0 Å². The third-order valence-corrected chi connectivity index (χ3v) is 2.75. The lowest BCUT2D eigenvalue weighted by Gasteiger charge is -2.27. The molecular formula is C9H15N3. The first-order valence-corrected chi connectivity index (χ1v) is 4.41. The summed E-state index contributed by atoms with van der Waals surface area (Å²) in [5.41, 5.74) is 3.97. The smallest absolute Gasteiger partial charge is 0.0632 e. The topological polar surface area (TPSA) is 29.9 Å². The molecule has 2 rings (SSSR count). The van der Waals surface area contributed by atoms with Gasteiger partial charge in [-0.05, 0) is 13.8 Å². The molecule has 0 unspecified atom stereocenters. The average molecular weight is 165 g/mol. The van der Waals surface area contributed by atoms with Gasteiger partial charge in [0.15, 0.2) is 0 Å². The molecule has 66 valence electrons. The molecule has 2 heterocycles. The highest BCUT2D eigenvalue weighted by Crippen LogP contribution is 2.25. The molecule has 1 aliphatic heterocycles. The van der Waals surface area contributed by atoms with E-state index in [4.69, 9.17) is 0 Å². The van der Waals surface area contributed by atoms with Gasteiger partial charge in [-0.25, -0.2) is 0 Å². The van der Waals surface area contributed by atoms with E-state index in [2.05, 4.69) is 24.3 Å². The summed E-state index contributed by atoms with van der Waals surface area (Å²) in [7, 11) is 2.01. The Morgan fingerprint density at radius 3 is 2.42 bits per heavy atom. The Labute approximate surface area is 72.8 Å². The third kappa shape index (κ3) is 0.966. The molecule has 1 saturated heterocycles. The maximum atomic E-state index is 4.40. The highest BCUT2D eigenvalue weighted by molar-refractivity contribution is 5.30. The zero-order valence-electron chi connectivity index (χ0n) is 7.89. The predicted octanol–water partition coefficient (Wildman–Crippen LogP) is 0.724. The minimum absolute atomic E-state index is 0.707. The Kier molecular flexibility index (Phi) is 1.68. The van der Waals surface area contributed by atoms with Gasteiger partial charge in [0.05, 0.1) is 5.69 Å². The molecule has 3 nitrogen and oxygen atoms in total. The van der Waals surface area contributed by atoms with Crippen LogP contribution in [0.25, 0.3) is 0 Å². The van der Waals surface area contributed by atoms with Gasteiger partial charge >= 0.3 is 0 Å². The Morgan fingerprint density at radius 2 is 2.08 bits per heavy atom. The van der Waals surface area contributed by atoms with Gasteiger partial charge in [-0.3, -0.25) is 4.68 Å². The normalized spacial score (nSPS) is 17.9. The maximum Gasteiger partial charge on any atom is 0.0632 e. The largest absolute Gasteiger partial charge is 0.315 e. The molecule has 1 aliphatic rings. The van der Waals surface area contributed by atoms with Crippen LogP contribution in [0.3, 0.4) is 0 Å². The number of aromatic nitrogens is 2. The van der Waals surface area contributed by atoms with Crippen molar-refractivity contribution in [2.24, 2.45) is 7.05 Å². The van der Waals surface area contributed by atoms with E-state index >= 15 is 0 Å². The first kappa shape index (κ1) is 7.80. The summed E-state index contributed by atoms with van der Waals surface area (Å²) in [6, 6.07) is 0. The van der Waals surface area contributed by atoms with Crippen molar-refractivity contribution in [2.75, 3.05) is 13.1 Å². The second-order valence-electron chi connectivity index (χ2n) is 3.56. The van der Waals surface area contributed by atoms with Crippen LogP contribution in [0.1, 0.15) is 22.9 Å². The summed E-state index contributed by atoms with van der Waals surface area (Å²) in [6.07, 6.45) is 0. The van der Waals surface area contributed by atoms with Crippen molar-refractivity contribution in [3.8, 4) is 0 Å². The molecule has 0 atom stereocenters. The fraction of sp³-hybridized carbons (Fsp3) is 0.667. The van der Waals surface area contributed by atoms with Crippen LogP contribution < -0.4 is 5.32 Å². The maximum absolute atomic E-state index is 4.40. The molecule has 3 heteroatoms. The lowest BCUT2D eigenvalue weighted by Crippen LogP contribution is -2.40. The van der Waals surface area contributed by atoms with Crippen LogP contribution in [-0.4, -0.2) is 22.9 Å². The molecule has 0 spiro atoms. The Bertz CT molecular complexity index is 297. The van der Waals surface area contributed by atoms with Crippen LogP contribution in [0.4, 0.5) is 0 Å². The number of aryl methyl sites for hydroxylation is 2. The first-order valence-electron chi connectivity index (χ1n) is 4.41. The van der Waals surface area contributed by atoms with Crippen LogP contribution in [0.5, 0.6) is 0 Å². The summed E-state index contributed by atoms with van der Waals surface area (Å²) in [6.45, 7) is 6.48. The molecule has 1 aromatic heterocycles. The van der Waals surface area contributed by atoms with Crippen molar-refractivity contribution in [1.82, 2.24) is 15.1 Å². The minimum atomic E-state index is 0.707. The SMILES string of the molecule is Cc1nn(C)c(C)c1C1CNC1. The summed E-state index contributed by atoms with van der Waals surface area (Å²) in [5.74, 6) is 0.707. The van der Waals surface area contributed by atoms with Gasteiger partial charge in [-0.1, -0.05) is 0 Å². The fourth-order valence-corrected chi connectivity index (χ4v) is 1.87. The standard InChI is InChI=1S/C9H15N3/c1-6-9(8-4-10-5-8)7(2)12(3)11-6/h8,10H,4-5H2,1-3H3. The molecule has 0 saturated carbocycles. The van der Waals surface area contributed by atoms with Crippen molar-refractivity contribution in [1.29, 1.82) is 0 Å². The van der Waals surface area contributed by atoms with Crippen LogP contribution in [0.2, 0.25) is 0 Å². The molecule has 1 aromatic rings. The Morgan fingerprint density at radius 1 is 1.42 bits per heavy atom. The van der Waals surface area contributed by atoms with Gasteiger partial charge in [0.2, 0.25) is 0 Å². The number of nitrogens with one attached hydrogen (secondary N) is 1. The molecule has 0 aliphatic carbocycles. The molecular weight excluding hydrogens is 150 g/mol. The molecule has 0 amide bonds. The van der Waals surface area contributed by atoms with Crippen molar-refractivity contribution >= 4 is 0 Å². The molecule has 1 N–H and O–H groups in total. The highest BCUT2D eigenvalue weighted by atomic mass is 15.3. The van der Waals surface area contributed by atoms with E-state index in [9.17, 15) is 0 Å². The van der Waals surface area contributed by atoms with Crippen LogP contribution in [0.15, 0.2) is 0 Å². The summed E-state index contributed by atoms with van der Waals surface area (Å²) in [5, 5.41) is 7.69. The number of hydrogen-bond donors (Lipinski definition) is 1. The highest BCUT2D eigenvalue weighted by Gasteiger charge is 2.24. The van der Waals surface area contributed by atoms with Gasteiger partial charge in [-0.2, -0.15) is 5.10 Å². The number of nitrogens with zero attached hydrogens (tertiary/aromatic N) is 2. The molecule has 12 heavy (non-hydrogen) atoms. The zero-order valence-corrected chi connectivity index (χ0v) is 7.89. The summed E-state index contributed by atoms with van der Waals surface area (Å²) in [4.78, 5) is 0. The van der Waals surface area contributed by atoms with E-state index in [1.54, 1.807) is 0 Å². The van der Waals surface area contributed by atoms with Crippen molar-refractivity contribution in [3.05, 3.63) is 17.0 Å². The first-order chi connectivity index (χ1) is 5.70. The van der Waals surface area contributed by atoms with E-state index in [0.717, 1.165) is 13.1 Å². The van der Waals surface area contributed by atoms with Gasteiger partial charge in [0, 0.05) is 37.3 Å². The van der Waals surface area contributed by atoms with E-state index in [-0.39, 0.29) is 0 Å². The van der Waals surface area contributed by atoms with Gasteiger partial charge in [0.1, 0.15) is 0 Å². The Balaban J connectivity index is 2.40. The van der Waals surface area contributed by atoms with Crippen LogP contribution in [-0.2, 0) is 7.05 Å². The van der Waals surface area contributed by atoms with Crippen molar-refractivity contribution in [3.63, 3.8) is 0 Å². The molecule has 0 aromatic carbocycles. The van der Waals surface area contributed by atoms with E-state index in [1.807, 2.05) is 11.7 Å². The van der Waals surface area contributed by atoms with Gasteiger partial charge < -0.3 is 5.32 Å². The zero-order chi connectivity index (χ0) is 8.72. The van der Waals surface area contributed by atoms with Crippen molar-refractivity contribution in [2.45, 2.75) is 19.8 Å². The van der Waals surface area contributed by atoms with Gasteiger partial charge in [-0.15, -0.1) is 0 Å². The number of hydrogen-bond acceptors (Lipinski definition) is 2. The van der Waals surface area contributed by atoms with E-state index in [0.29, 0.717) is 5.92 Å². The second-order valence-corrected chi connectivity index (χ2v) is 3.56. The summed E-state index contributed by atoms with van der Waals surface area (Å²) >= 11 is 0. The van der Waals surface area contributed by atoms with Crippen LogP contribution in [0, 0.1) is 13.8 Å². The van der Waals surface area contributed by atoms with Crippen LogP contribution >= 0.6 is 0 Å². The third-order valence-electron chi connectivity index (χ3n) is 2.75. The van der Waals surface area contributed by atoms with Crippen molar-refractivity contribution < 1.29 is 0 Å². The number of rotatable bonds is 1. The van der Waals surface area contributed by atoms with E-state index in [1.165, 1.54) is 17.0 Å². The quantitative estimate of drug-likeness (QED) is 0.664. The lowest BCUT2D eigenvalue weighted by molar-refractivity contribution is 0.445. The predicted molar refractivity (Wildman–Crippen MR) is 48.3 cm³/mol. The molecule has 1 fully saturated rings. The fourth-order valence-electron chi connectivity index (χ4n) is 1.87. The minimum Gasteiger partial charge on any atom is -0.315 e. The lowest BCUT2D eigenvalue weighted by atomic mass is 9.92. The molecule has 0 bridgehead atoms. The Hall–Kier alpha value is -0.830. The average Bonchev–Trinajstić information content (AvgIpc) is 2.13. The van der Waals surface area contributed by atoms with E-state index < -0.39 is 0 Å².